The second kappa shape index (κ2) is 5.63. The summed E-state index contributed by atoms with van der Waals surface area (Å²) in [6.07, 6.45) is -1.49. The van der Waals surface area contributed by atoms with Gasteiger partial charge in [0.25, 0.3) is 5.91 Å². The van der Waals surface area contributed by atoms with Gasteiger partial charge in [0.05, 0.1) is 11.3 Å². The van der Waals surface area contributed by atoms with E-state index in [0.717, 1.165) is 5.69 Å². The molecule has 0 fully saturated rings. The van der Waals surface area contributed by atoms with Gasteiger partial charge in [-0.3, -0.25) is 9.48 Å². The Labute approximate surface area is 104 Å². The summed E-state index contributed by atoms with van der Waals surface area (Å²) < 4.78 is 1.61. The van der Waals surface area contributed by atoms with Gasteiger partial charge >= 0.3 is 5.97 Å². The van der Waals surface area contributed by atoms with Gasteiger partial charge in [-0.05, 0) is 13.8 Å². The molecule has 0 spiro atoms. The van der Waals surface area contributed by atoms with E-state index in [4.69, 9.17) is 10.2 Å². The van der Waals surface area contributed by atoms with E-state index >= 15 is 0 Å². The Kier molecular flexibility index (Phi) is 4.43. The number of carbonyl (C=O) groups is 2. The first-order chi connectivity index (χ1) is 8.34. The van der Waals surface area contributed by atoms with Gasteiger partial charge in [0, 0.05) is 25.7 Å². The molecule has 0 aliphatic rings. The third-order valence-corrected chi connectivity index (χ3v) is 2.72. The van der Waals surface area contributed by atoms with Crippen molar-refractivity contribution in [3.63, 3.8) is 0 Å². The molecule has 0 aliphatic carbocycles. The molecule has 1 atom stereocenters. The highest BCUT2D eigenvalue weighted by Crippen LogP contribution is 2.11. The topological polar surface area (TPSA) is 104 Å². The highest BCUT2D eigenvalue weighted by Gasteiger charge is 2.18. The van der Waals surface area contributed by atoms with Crippen LogP contribution in [0.5, 0.6) is 0 Å². The normalized spacial score (nSPS) is 12.2. The van der Waals surface area contributed by atoms with Crippen LogP contribution in [-0.4, -0.2) is 44.5 Å². The van der Waals surface area contributed by atoms with Crippen LogP contribution in [0.25, 0.3) is 0 Å². The number of aryl methyl sites for hydroxylation is 2. The second-order valence-electron chi connectivity index (χ2n) is 4.07. The van der Waals surface area contributed by atoms with Crippen molar-refractivity contribution < 1.29 is 19.8 Å². The standard InChI is InChI=1S/C11H17N3O4/c1-6-9(7(2)14(3)13-6)10(16)12-5-4-8(15)11(17)18/h8,15H,4-5H2,1-3H3,(H,12,16)(H,17,18)/t8-/m0/s1. The molecule has 100 valence electrons. The zero-order valence-corrected chi connectivity index (χ0v) is 10.6. The largest absolute Gasteiger partial charge is 0.479 e. The third-order valence-electron chi connectivity index (χ3n) is 2.72. The van der Waals surface area contributed by atoms with Crippen LogP contribution in [0.4, 0.5) is 0 Å². The van der Waals surface area contributed by atoms with Crippen LogP contribution < -0.4 is 5.32 Å². The van der Waals surface area contributed by atoms with Gasteiger partial charge in [-0.2, -0.15) is 5.10 Å². The molecule has 18 heavy (non-hydrogen) atoms. The first-order valence-electron chi connectivity index (χ1n) is 5.53. The quantitative estimate of drug-likeness (QED) is 0.664. The molecule has 0 saturated carbocycles. The molecule has 1 rings (SSSR count). The number of rotatable bonds is 5. The molecule has 0 saturated heterocycles. The zero-order valence-electron chi connectivity index (χ0n) is 10.6. The summed E-state index contributed by atoms with van der Waals surface area (Å²) in [5.41, 5.74) is 1.84. The summed E-state index contributed by atoms with van der Waals surface area (Å²) in [6, 6.07) is 0. The second-order valence-corrected chi connectivity index (χ2v) is 4.07. The van der Waals surface area contributed by atoms with Crippen LogP contribution in [0.3, 0.4) is 0 Å². The summed E-state index contributed by atoms with van der Waals surface area (Å²) in [5.74, 6) is -1.60. The fraction of sp³-hybridized carbons (Fsp3) is 0.545. The van der Waals surface area contributed by atoms with E-state index in [2.05, 4.69) is 10.4 Å². The molecule has 1 aromatic heterocycles. The Morgan fingerprint density at radius 3 is 2.50 bits per heavy atom. The lowest BCUT2D eigenvalue weighted by atomic mass is 10.2. The van der Waals surface area contributed by atoms with Gasteiger partial charge in [-0.15, -0.1) is 0 Å². The average molecular weight is 255 g/mol. The van der Waals surface area contributed by atoms with Crippen molar-refractivity contribution >= 4 is 11.9 Å². The predicted octanol–water partition coefficient (Wildman–Crippen LogP) is -0.398. The maximum absolute atomic E-state index is 11.9. The summed E-state index contributed by atoms with van der Waals surface area (Å²) in [6.45, 7) is 3.61. The zero-order chi connectivity index (χ0) is 13.9. The minimum Gasteiger partial charge on any atom is -0.479 e. The van der Waals surface area contributed by atoms with E-state index in [1.165, 1.54) is 0 Å². The van der Waals surface area contributed by atoms with E-state index in [1.807, 2.05) is 0 Å². The summed E-state index contributed by atoms with van der Waals surface area (Å²) in [5, 5.41) is 24.2. The third kappa shape index (κ3) is 3.07. The molecule has 3 N–H and O–H groups in total. The van der Waals surface area contributed by atoms with Gasteiger partial charge in [0.1, 0.15) is 0 Å². The van der Waals surface area contributed by atoms with Crippen molar-refractivity contribution in [2.45, 2.75) is 26.4 Å². The molecule has 1 aromatic rings. The number of hydrogen-bond donors (Lipinski definition) is 3. The highest BCUT2D eigenvalue weighted by molar-refractivity contribution is 5.96. The lowest BCUT2D eigenvalue weighted by Gasteiger charge is -2.07. The average Bonchev–Trinajstić information content (AvgIpc) is 2.52. The fourth-order valence-electron chi connectivity index (χ4n) is 1.64. The molecule has 7 heteroatoms. The number of aliphatic hydroxyl groups is 1. The van der Waals surface area contributed by atoms with Crippen molar-refractivity contribution in [3.8, 4) is 0 Å². The summed E-state index contributed by atoms with van der Waals surface area (Å²) in [4.78, 5) is 22.2. The predicted molar refractivity (Wildman–Crippen MR) is 63.3 cm³/mol. The maximum Gasteiger partial charge on any atom is 0.332 e. The van der Waals surface area contributed by atoms with Crippen molar-refractivity contribution in [2.24, 2.45) is 7.05 Å². The molecule has 0 bridgehead atoms. The Bertz CT molecular complexity index is 467. The first kappa shape index (κ1) is 14.2. The number of nitrogens with zero attached hydrogens (tertiary/aromatic N) is 2. The van der Waals surface area contributed by atoms with E-state index in [1.54, 1.807) is 25.6 Å². The Hall–Kier alpha value is -1.89. The number of aliphatic hydroxyl groups excluding tert-OH is 1. The van der Waals surface area contributed by atoms with Gasteiger partial charge in [-0.1, -0.05) is 0 Å². The van der Waals surface area contributed by atoms with Crippen LogP contribution in [-0.2, 0) is 11.8 Å². The minimum absolute atomic E-state index is 0.0283. The Morgan fingerprint density at radius 1 is 1.44 bits per heavy atom. The van der Waals surface area contributed by atoms with Gasteiger partial charge in [-0.25, -0.2) is 4.79 Å². The number of carboxylic acid groups (broad SMARTS) is 1. The van der Waals surface area contributed by atoms with E-state index in [-0.39, 0.29) is 18.9 Å². The number of hydrogen-bond acceptors (Lipinski definition) is 4. The SMILES string of the molecule is Cc1nn(C)c(C)c1C(=O)NCC[C@H](O)C(=O)O. The molecule has 7 nitrogen and oxygen atoms in total. The van der Waals surface area contributed by atoms with Crippen LogP contribution in [0.2, 0.25) is 0 Å². The molecule has 0 unspecified atom stereocenters. The monoisotopic (exact) mass is 255 g/mol. The van der Waals surface area contributed by atoms with Crippen molar-refractivity contribution in [3.05, 3.63) is 17.0 Å². The molecule has 0 aromatic carbocycles. The Balaban J connectivity index is 2.59. The molecule has 1 heterocycles. The smallest absolute Gasteiger partial charge is 0.332 e. The van der Waals surface area contributed by atoms with Gasteiger partial charge in [0.2, 0.25) is 0 Å². The first-order valence-corrected chi connectivity index (χ1v) is 5.53. The molecule has 1 amide bonds. The van der Waals surface area contributed by atoms with E-state index in [9.17, 15) is 9.59 Å². The highest BCUT2D eigenvalue weighted by atomic mass is 16.4. The van der Waals surface area contributed by atoms with Gasteiger partial charge < -0.3 is 15.5 Å². The van der Waals surface area contributed by atoms with Crippen molar-refractivity contribution in [1.82, 2.24) is 15.1 Å². The van der Waals surface area contributed by atoms with E-state index < -0.39 is 12.1 Å². The number of carboxylic acids is 1. The lowest BCUT2D eigenvalue weighted by molar-refractivity contribution is -0.146. The molecule has 0 aliphatic heterocycles. The van der Waals surface area contributed by atoms with E-state index in [0.29, 0.717) is 11.3 Å². The number of carbonyl (C=O) groups excluding carboxylic acids is 1. The number of amides is 1. The van der Waals surface area contributed by atoms with Crippen molar-refractivity contribution in [1.29, 1.82) is 0 Å². The number of nitrogens with one attached hydrogen (secondary N) is 1. The van der Waals surface area contributed by atoms with Crippen LogP contribution in [0.1, 0.15) is 28.2 Å². The van der Waals surface area contributed by atoms with Gasteiger partial charge in [0.15, 0.2) is 6.10 Å². The summed E-state index contributed by atoms with van der Waals surface area (Å²) in [7, 11) is 1.74. The molecule has 0 radical (unpaired) electrons. The number of aromatic nitrogens is 2. The van der Waals surface area contributed by atoms with Crippen LogP contribution >= 0.6 is 0 Å². The van der Waals surface area contributed by atoms with Crippen molar-refractivity contribution in [2.75, 3.05) is 6.54 Å². The minimum atomic E-state index is -1.46. The maximum atomic E-state index is 11.9. The fourth-order valence-corrected chi connectivity index (χ4v) is 1.64. The molecular formula is C11H17N3O4. The molecular weight excluding hydrogens is 238 g/mol. The Morgan fingerprint density at radius 2 is 2.06 bits per heavy atom. The van der Waals surface area contributed by atoms with Crippen LogP contribution in [0.15, 0.2) is 0 Å². The summed E-state index contributed by atoms with van der Waals surface area (Å²) >= 11 is 0. The lowest BCUT2D eigenvalue weighted by Crippen LogP contribution is -2.30. The van der Waals surface area contributed by atoms with Crippen LogP contribution in [0, 0.1) is 13.8 Å². The number of aliphatic carboxylic acids is 1.